The highest BCUT2D eigenvalue weighted by Crippen LogP contribution is 2.31. The van der Waals surface area contributed by atoms with Crippen LogP contribution in [-0.4, -0.2) is 22.8 Å². The molecule has 2 aromatic rings. The molecule has 0 aromatic heterocycles. The van der Waals surface area contributed by atoms with Gasteiger partial charge in [-0.15, -0.1) is 0 Å². The van der Waals surface area contributed by atoms with Gasteiger partial charge in [-0.2, -0.15) is 0 Å². The summed E-state index contributed by atoms with van der Waals surface area (Å²) in [5, 5.41) is 0. The number of benzene rings is 2. The van der Waals surface area contributed by atoms with Crippen LogP contribution in [0.25, 0.3) is 0 Å². The van der Waals surface area contributed by atoms with Gasteiger partial charge in [-0.1, -0.05) is 48.5 Å². The molecule has 2 heteroatoms. The van der Waals surface area contributed by atoms with Crippen molar-refractivity contribution in [3.8, 4) is 0 Å². The van der Waals surface area contributed by atoms with Crippen molar-refractivity contribution < 1.29 is 4.79 Å². The van der Waals surface area contributed by atoms with E-state index in [2.05, 4.69) is 51.7 Å². The molecule has 0 bridgehead atoms. The average Bonchev–Trinajstić information content (AvgIpc) is 2.52. The van der Waals surface area contributed by atoms with E-state index in [1.54, 1.807) is 0 Å². The first-order valence-corrected chi connectivity index (χ1v) is 8.77. The highest BCUT2D eigenvalue weighted by atomic mass is 16.1. The first-order chi connectivity index (χ1) is 11.3. The van der Waals surface area contributed by atoms with E-state index in [9.17, 15) is 4.79 Å². The summed E-state index contributed by atoms with van der Waals surface area (Å²) < 4.78 is 0. The van der Waals surface area contributed by atoms with Gasteiger partial charge in [0.05, 0.1) is 6.04 Å². The van der Waals surface area contributed by atoms with Crippen LogP contribution in [0.5, 0.6) is 0 Å². The fourth-order valence-corrected chi connectivity index (χ4v) is 3.52. The van der Waals surface area contributed by atoms with Gasteiger partial charge in [0.15, 0.2) is 5.78 Å². The molecule has 1 atom stereocenters. The molecule has 0 radical (unpaired) electrons. The summed E-state index contributed by atoms with van der Waals surface area (Å²) in [4.78, 5) is 15.8. The van der Waals surface area contributed by atoms with Crippen molar-refractivity contribution in [2.75, 3.05) is 0 Å². The van der Waals surface area contributed by atoms with Crippen molar-refractivity contribution in [2.45, 2.75) is 59.7 Å². The molecule has 0 saturated heterocycles. The lowest BCUT2D eigenvalue weighted by molar-refractivity contribution is 0.0670. The first kappa shape index (κ1) is 18.4. The fourth-order valence-electron chi connectivity index (χ4n) is 3.52. The van der Waals surface area contributed by atoms with E-state index in [1.807, 2.05) is 43.3 Å². The Hall–Kier alpha value is -1.93. The van der Waals surface area contributed by atoms with Crippen LogP contribution < -0.4 is 0 Å². The van der Waals surface area contributed by atoms with E-state index in [4.69, 9.17) is 0 Å². The summed E-state index contributed by atoms with van der Waals surface area (Å²) in [7, 11) is 0. The van der Waals surface area contributed by atoms with Gasteiger partial charge in [0.1, 0.15) is 0 Å². The van der Waals surface area contributed by atoms with E-state index in [0.29, 0.717) is 0 Å². The van der Waals surface area contributed by atoms with E-state index >= 15 is 0 Å². The zero-order valence-electron chi connectivity index (χ0n) is 15.7. The Balaban J connectivity index is 2.61. The summed E-state index contributed by atoms with van der Waals surface area (Å²) in [6, 6.07) is 16.4. The highest BCUT2D eigenvalue weighted by Gasteiger charge is 2.33. The molecule has 0 amide bonds. The molecular formula is C22H29NO. The van der Waals surface area contributed by atoms with Gasteiger partial charge < -0.3 is 0 Å². The molecule has 0 aliphatic rings. The largest absolute Gasteiger partial charge is 0.292 e. The van der Waals surface area contributed by atoms with Gasteiger partial charge in [-0.05, 0) is 58.2 Å². The minimum atomic E-state index is -0.257. The number of carbonyl (C=O) groups is 1. The van der Waals surface area contributed by atoms with Crippen LogP contribution >= 0.6 is 0 Å². The topological polar surface area (TPSA) is 20.3 Å². The molecule has 0 heterocycles. The van der Waals surface area contributed by atoms with Crippen molar-refractivity contribution >= 4 is 5.78 Å². The second kappa shape index (κ2) is 7.76. The molecular weight excluding hydrogens is 294 g/mol. The number of nitrogens with zero attached hydrogens (tertiary/aromatic N) is 1. The maximum Gasteiger partial charge on any atom is 0.184 e. The van der Waals surface area contributed by atoms with Crippen molar-refractivity contribution in [3.05, 3.63) is 70.8 Å². The maximum atomic E-state index is 13.5. The number of hydrogen-bond donors (Lipinski definition) is 0. The third-order valence-corrected chi connectivity index (χ3v) is 4.63. The normalized spacial score (nSPS) is 12.9. The lowest BCUT2D eigenvalue weighted by Gasteiger charge is -2.38. The minimum Gasteiger partial charge on any atom is -0.292 e. The lowest BCUT2D eigenvalue weighted by atomic mass is 9.89. The van der Waals surface area contributed by atoms with Crippen LogP contribution in [0.4, 0.5) is 0 Å². The molecule has 2 nitrogen and oxygen atoms in total. The van der Waals surface area contributed by atoms with Gasteiger partial charge in [0, 0.05) is 17.6 Å². The quantitative estimate of drug-likeness (QED) is 0.668. The molecule has 24 heavy (non-hydrogen) atoms. The predicted octanol–water partition coefficient (Wildman–Crippen LogP) is 5.35. The van der Waals surface area contributed by atoms with E-state index in [0.717, 1.165) is 22.3 Å². The number of hydrogen-bond acceptors (Lipinski definition) is 2. The van der Waals surface area contributed by atoms with Gasteiger partial charge in [-0.3, -0.25) is 9.69 Å². The van der Waals surface area contributed by atoms with Crippen molar-refractivity contribution in [3.63, 3.8) is 0 Å². The monoisotopic (exact) mass is 323 g/mol. The number of Topliss-reactive ketones (excluding diaryl/α,β-unsaturated/α-hetero) is 1. The van der Waals surface area contributed by atoms with Gasteiger partial charge >= 0.3 is 0 Å². The molecule has 0 N–H and O–H groups in total. The summed E-state index contributed by atoms with van der Waals surface area (Å²) >= 11 is 0. The second-order valence-corrected chi connectivity index (χ2v) is 7.07. The van der Waals surface area contributed by atoms with Crippen LogP contribution in [0.3, 0.4) is 0 Å². The molecule has 0 fully saturated rings. The molecule has 2 aromatic carbocycles. The maximum absolute atomic E-state index is 13.5. The number of rotatable bonds is 6. The fraction of sp³-hybridized carbons (Fsp3) is 0.409. The Kier molecular flexibility index (Phi) is 5.95. The standard InChI is InChI=1S/C22H29NO/c1-15(2)23(16(3)4)21(19-13-9-7-11-17(19)5)22(24)20-14-10-8-12-18(20)6/h7-16,21H,1-6H3. The summed E-state index contributed by atoms with van der Waals surface area (Å²) in [5.74, 6) is 0.185. The molecule has 128 valence electrons. The van der Waals surface area contributed by atoms with Gasteiger partial charge in [0.25, 0.3) is 0 Å². The zero-order chi connectivity index (χ0) is 17.9. The van der Waals surface area contributed by atoms with E-state index < -0.39 is 0 Å². The summed E-state index contributed by atoms with van der Waals surface area (Å²) in [5.41, 5.74) is 4.12. The van der Waals surface area contributed by atoms with Crippen molar-refractivity contribution in [1.82, 2.24) is 4.90 Å². The minimum absolute atomic E-state index is 0.185. The summed E-state index contributed by atoms with van der Waals surface area (Å²) in [6.07, 6.45) is 0. The van der Waals surface area contributed by atoms with E-state index in [1.165, 1.54) is 0 Å². The first-order valence-electron chi connectivity index (χ1n) is 8.77. The van der Waals surface area contributed by atoms with E-state index in [-0.39, 0.29) is 23.9 Å². The average molecular weight is 323 g/mol. The molecule has 0 spiro atoms. The number of ketones is 1. The van der Waals surface area contributed by atoms with Crippen LogP contribution in [0.15, 0.2) is 48.5 Å². The molecule has 1 unspecified atom stereocenters. The van der Waals surface area contributed by atoms with Crippen LogP contribution in [-0.2, 0) is 0 Å². The molecule has 0 saturated carbocycles. The molecule has 2 rings (SSSR count). The second-order valence-electron chi connectivity index (χ2n) is 7.07. The Morgan fingerprint density at radius 3 is 1.79 bits per heavy atom. The smallest absolute Gasteiger partial charge is 0.184 e. The van der Waals surface area contributed by atoms with Crippen LogP contribution in [0, 0.1) is 13.8 Å². The molecule has 0 aliphatic carbocycles. The Labute approximate surface area is 146 Å². The highest BCUT2D eigenvalue weighted by molar-refractivity contribution is 6.02. The summed E-state index contributed by atoms with van der Waals surface area (Å²) in [6.45, 7) is 12.8. The Morgan fingerprint density at radius 1 is 0.792 bits per heavy atom. The third kappa shape index (κ3) is 3.76. The molecule has 0 aliphatic heterocycles. The van der Waals surface area contributed by atoms with Crippen molar-refractivity contribution in [1.29, 1.82) is 0 Å². The SMILES string of the molecule is Cc1ccccc1C(=O)C(c1ccccc1C)N(C(C)C)C(C)C. The number of carbonyl (C=O) groups excluding carboxylic acids is 1. The van der Waals surface area contributed by atoms with Gasteiger partial charge in [0.2, 0.25) is 0 Å². The lowest BCUT2D eigenvalue weighted by Crippen LogP contribution is -2.44. The third-order valence-electron chi connectivity index (χ3n) is 4.63. The Morgan fingerprint density at radius 2 is 1.29 bits per heavy atom. The number of aryl methyl sites for hydroxylation is 2. The zero-order valence-corrected chi connectivity index (χ0v) is 15.7. The van der Waals surface area contributed by atoms with Crippen molar-refractivity contribution in [2.24, 2.45) is 0 Å². The van der Waals surface area contributed by atoms with Gasteiger partial charge in [-0.25, -0.2) is 0 Å². The Bertz CT molecular complexity index is 695. The predicted molar refractivity (Wildman–Crippen MR) is 102 cm³/mol. The van der Waals surface area contributed by atoms with Crippen LogP contribution in [0.2, 0.25) is 0 Å². The van der Waals surface area contributed by atoms with Crippen LogP contribution in [0.1, 0.15) is 60.8 Å².